The molecule has 0 spiro atoms. The van der Waals surface area contributed by atoms with Crippen molar-refractivity contribution in [2.24, 2.45) is 0 Å². The molecule has 2 heterocycles. The average molecular weight is 460 g/mol. The highest BCUT2D eigenvalue weighted by molar-refractivity contribution is 7.89. The van der Waals surface area contributed by atoms with E-state index in [9.17, 15) is 13.2 Å². The van der Waals surface area contributed by atoms with Crippen LogP contribution < -0.4 is 10.2 Å². The van der Waals surface area contributed by atoms with E-state index < -0.39 is 10.0 Å². The van der Waals surface area contributed by atoms with Crippen molar-refractivity contribution in [1.29, 1.82) is 0 Å². The van der Waals surface area contributed by atoms with Crippen LogP contribution in [0.15, 0.2) is 53.4 Å². The molecule has 2 fully saturated rings. The number of rotatable bonds is 6. The summed E-state index contributed by atoms with van der Waals surface area (Å²) in [6, 6.07) is 13.8. The first kappa shape index (κ1) is 22.7. The molecular formula is C23H29N3O5S. The van der Waals surface area contributed by atoms with Crippen molar-refractivity contribution in [3.63, 3.8) is 0 Å². The Hall–Kier alpha value is -2.46. The van der Waals surface area contributed by atoms with Crippen LogP contribution in [0.3, 0.4) is 0 Å². The summed E-state index contributed by atoms with van der Waals surface area (Å²) >= 11 is 0. The van der Waals surface area contributed by atoms with Crippen LogP contribution in [0.4, 0.5) is 11.4 Å². The number of sulfonamides is 1. The van der Waals surface area contributed by atoms with Crippen molar-refractivity contribution in [2.45, 2.75) is 23.8 Å². The van der Waals surface area contributed by atoms with Crippen LogP contribution in [0.5, 0.6) is 0 Å². The molecule has 2 saturated heterocycles. The molecule has 4 rings (SSSR count). The molecule has 0 aliphatic carbocycles. The molecule has 0 atom stereocenters. The second kappa shape index (κ2) is 9.99. The van der Waals surface area contributed by atoms with Gasteiger partial charge in [-0.15, -0.1) is 0 Å². The predicted molar refractivity (Wildman–Crippen MR) is 123 cm³/mol. The molecule has 172 valence electrons. The number of piperidine rings is 1. The van der Waals surface area contributed by atoms with Crippen LogP contribution in [-0.2, 0) is 19.5 Å². The van der Waals surface area contributed by atoms with Gasteiger partial charge in [-0.3, -0.25) is 4.79 Å². The third-order valence-corrected chi connectivity index (χ3v) is 7.90. The highest BCUT2D eigenvalue weighted by atomic mass is 32.2. The lowest BCUT2D eigenvalue weighted by molar-refractivity contribution is 0.0730. The fourth-order valence-corrected chi connectivity index (χ4v) is 5.43. The third-order valence-electron chi connectivity index (χ3n) is 5.99. The average Bonchev–Trinajstić information content (AvgIpc) is 2.85. The van der Waals surface area contributed by atoms with Crippen molar-refractivity contribution in [2.75, 3.05) is 56.7 Å². The SMILES string of the molecule is COC1CCN(c2ccc(NC(=O)c3ccc(S(=O)(=O)N4CCOCC4)cc3)cc2)CC1. The zero-order chi connectivity index (χ0) is 22.6. The van der Waals surface area contributed by atoms with E-state index in [2.05, 4.69) is 10.2 Å². The van der Waals surface area contributed by atoms with Gasteiger partial charge in [0.2, 0.25) is 10.0 Å². The van der Waals surface area contributed by atoms with E-state index >= 15 is 0 Å². The number of amides is 1. The first-order chi connectivity index (χ1) is 15.5. The monoisotopic (exact) mass is 459 g/mol. The standard InChI is InChI=1S/C23H29N3O5S/c1-30-21-10-12-25(13-11-21)20-6-4-19(5-7-20)24-23(27)18-2-8-22(9-3-18)32(28,29)26-14-16-31-17-15-26/h2-9,21H,10-17H2,1H3,(H,24,27). The van der Waals surface area contributed by atoms with Crippen molar-refractivity contribution in [1.82, 2.24) is 4.31 Å². The van der Waals surface area contributed by atoms with E-state index in [4.69, 9.17) is 9.47 Å². The first-order valence-electron chi connectivity index (χ1n) is 10.8. The Kier molecular flexibility index (Phi) is 7.10. The zero-order valence-corrected chi connectivity index (χ0v) is 19.0. The van der Waals surface area contributed by atoms with Crippen LogP contribution in [-0.4, -0.2) is 71.2 Å². The molecule has 2 aromatic rings. The minimum absolute atomic E-state index is 0.178. The van der Waals surface area contributed by atoms with Crippen LogP contribution in [0.25, 0.3) is 0 Å². The fourth-order valence-electron chi connectivity index (χ4n) is 4.02. The lowest BCUT2D eigenvalue weighted by Gasteiger charge is -2.33. The molecule has 2 aliphatic rings. The van der Waals surface area contributed by atoms with Gasteiger partial charge in [0.25, 0.3) is 5.91 Å². The number of methoxy groups -OCH3 is 1. The lowest BCUT2D eigenvalue weighted by Crippen LogP contribution is -2.40. The molecule has 2 aliphatic heterocycles. The Morgan fingerprint density at radius 2 is 1.59 bits per heavy atom. The van der Waals surface area contributed by atoms with Gasteiger partial charge in [-0.2, -0.15) is 4.31 Å². The quantitative estimate of drug-likeness (QED) is 0.714. The molecule has 0 unspecified atom stereocenters. The van der Waals surface area contributed by atoms with E-state index in [1.807, 2.05) is 24.3 Å². The summed E-state index contributed by atoms with van der Waals surface area (Å²) in [4.78, 5) is 15.1. The second-order valence-electron chi connectivity index (χ2n) is 7.96. The number of carbonyl (C=O) groups excluding carboxylic acids is 1. The Morgan fingerprint density at radius 3 is 2.19 bits per heavy atom. The minimum atomic E-state index is -3.58. The molecule has 0 radical (unpaired) electrons. The van der Waals surface area contributed by atoms with E-state index in [0.29, 0.717) is 43.7 Å². The number of nitrogens with one attached hydrogen (secondary N) is 1. The maximum absolute atomic E-state index is 12.7. The molecule has 9 heteroatoms. The Labute approximate surface area is 189 Å². The smallest absolute Gasteiger partial charge is 0.255 e. The Bertz CT molecular complexity index is 1010. The third kappa shape index (κ3) is 5.12. The van der Waals surface area contributed by atoms with Crippen LogP contribution in [0.1, 0.15) is 23.2 Å². The number of nitrogens with zero attached hydrogens (tertiary/aromatic N) is 2. The fraction of sp³-hybridized carbons (Fsp3) is 0.435. The van der Waals surface area contributed by atoms with Crippen LogP contribution in [0, 0.1) is 0 Å². The van der Waals surface area contributed by atoms with Gasteiger partial charge in [-0.25, -0.2) is 8.42 Å². The Balaban J connectivity index is 1.36. The van der Waals surface area contributed by atoms with Gasteiger partial charge >= 0.3 is 0 Å². The molecule has 1 amide bonds. The normalized spacial score (nSPS) is 18.5. The Morgan fingerprint density at radius 1 is 0.969 bits per heavy atom. The molecular weight excluding hydrogens is 430 g/mol. The van der Waals surface area contributed by atoms with Crippen molar-refractivity contribution in [3.8, 4) is 0 Å². The van der Waals surface area contributed by atoms with Gasteiger partial charge in [-0.05, 0) is 61.4 Å². The largest absolute Gasteiger partial charge is 0.381 e. The number of carbonyl (C=O) groups is 1. The second-order valence-corrected chi connectivity index (χ2v) is 9.90. The highest BCUT2D eigenvalue weighted by Gasteiger charge is 2.26. The summed E-state index contributed by atoms with van der Waals surface area (Å²) in [5.74, 6) is -0.283. The number of anilines is 2. The van der Waals surface area contributed by atoms with E-state index in [1.54, 1.807) is 7.11 Å². The van der Waals surface area contributed by atoms with Crippen LogP contribution >= 0.6 is 0 Å². The van der Waals surface area contributed by atoms with Crippen molar-refractivity contribution < 1.29 is 22.7 Å². The van der Waals surface area contributed by atoms with Gasteiger partial charge in [0.1, 0.15) is 0 Å². The number of hydrogen-bond acceptors (Lipinski definition) is 6. The highest BCUT2D eigenvalue weighted by Crippen LogP contribution is 2.23. The summed E-state index contributed by atoms with van der Waals surface area (Å²) in [6.07, 6.45) is 2.35. The maximum atomic E-state index is 12.7. The molecule has 0 saturated carbocycles. The van der Waals surface area contributed by atoms with Crippen LogP contribution in [0.2, 0.25) is 0 Å². The first-order valence-corrected chi connectivity index (χ1v) is 12.3. The summed E-state index contributed by atoms with van der Waals surface area (Å²) in [6.45, 7) is 3.36. The van der Waals surface area contributed by atoms with Gasteiger partial charge in [-0.1, -0.05) is 0 Å². The zero-order valence-electron chi connectivity index (χ0n) is 18.2. The topological polar surface area (TPSA) is 88.2 Å². The summed E-state index contributed by atoms with van der Waals surface area (Å²) < 4.78 is 37.5. The van der Waals surface area contributed by atoms with Gasteiger partial charge < -0.3 is 19.7 Å². The number of benzene rings is 2. The van der Waals surface area contributed by atoms with E-state index in [1.165, 1.54) is 28.6 Å². The van der Waals surface area contributed by atoms with Gasteiger partial charge in [0.15, 0.2) is 0 Å². The number of morpholine rings is 1. The van der Waals surface area contributed by atoms with E-state index in [0.717, 1.165) is 31.6 Å². The lowest BCUT2D eigenvalue weighted by atomic mass is 10.1. The van der Waals surface area contributed by atoms with Gasteiger partial charge in [0, 0.05) is 50.2 Å². The molecule has 1 N–H and O–H groups in total. The van der Waals surface area contributed by atoms with Gasteiger partial charge in [0.05, 0.1) is 24.2 Å². The molecule has 2 aromatic carbocycles. The molecule has 0 bridgehead atoms. The van der Waals surface area contributed by atoms with Crippen molar-refractivity contribution in [3.05, 3.63) is 54.1 Å². The summed E-state index contributed by atoms with van der Waals surface area (Å²) in [5.41, 5.74) is 2.21. The minimum Gasteiger partial charge on any atom is -0.381 e. The molecule has 0 aromatic heterocycles. The molecule has 32 heavy (non-hydrogen) atoms. The summed E-state index contributed by atoms with van der Waals surface area (Å²) in [5, 5.41) is 2.87. The van der Waals surface area contributed by atoms with E-state index in [-0.39, 0.29) is 10.8 Å². The molecule has 8 nitrogen and oxygen atoms in total. The summed E-state index contributed by atoms with van der Waals surface area (Å²) in [7, 11) is -1.82. The number of hydrogen-bond donors (Lipinski definition) is 1. The van der Waals surface area contributed by atoms with Crippen molar-refractivity contribution >= 4 is 27.3 Å². The maximum Gasteiger partial charge on any atom is 0.255 e. The number of ether oxygens (including phenoxy) is 2. The predicted octanol–water partition coefficient (Wildman–Crippen LogP) is 2.58.